The van der Waals surface area contributed by atoms with Crippen LogP contribution < -0.4 is 15.5 Å². The smallest absolute Gasteiger partial charge is 0.267 e. The van der Waals surface area contributed by atoms with Crippen LogP contribution in [0.15, 0.2) is 42.6 Å². The van der Waals surface area contributed by atoms with Gasteiger partial charge in [0.2, 0.25) is 0 Å². The lowest BCUT2D eigenvalue weighted by Gasteiger charge is -2.32. The van der Waals surface area contributed by atoms with E-state index in [-0.39, 0.29) is 0 Å². The number of aromatic nitrogens is 1. The number of halogens is 1. The van der Waals surface area contributed by atoms with E-state index in [9.17, 15) is 4.79 Å². The first kappa shape index (κ1) is 21.1. The van der Waals surface area contributed by atoms with Crippen LogP contribution in [0.3, 0.4) is 0 Å². The second kappa shape index (κ2) is 10.2. The number of nitrogens with zero attached hydrogens (tertiary/aromatic N) is 2. The molecule has 1 aromatic carbocycles. The van der Waals surface area contributed by atoms with Crippen LogP contribution in [0.5, 0.6) is 5.75 Å². The topological polar surface area (TPSA) is 86.7 Å². The molecule has 1 amide bonds. The molecule has 1 aliphatic rings. The third-order valence-corrected chi connectivity index (χ3v) is 5.18. The van der Waals surface area contributed by atoms with Crippen LogP contribution in [0, 0.1) is 0 Å². The Morgan fingerprint density at radius 3 is 2.69 bits per heavy atom. The number of anilines is 1. The lowest BCUT2D eigenvalue weighted by Crippen LogP contribution is -2.38. The molecule has 1 fully saturated rings. The molecule has 154 valence electrons. The Morgan fingerprint density at radius 2 is 2.07 bits per heavy atom. The standard InChI is InChI=1S/C21H25ClN4O3/c1-29-18-5-2-15(3-6-18)14-26-10-8-17(9-11-26)24-21-19(22)12-16(13-23-21)4-7-20(27)25-28/h2-7,12-13,17,28H,8-11,14H2,1H3,(H,23,24)(H,25,27). The largest absolute Gasteiger partial charge is 0.497 e. The number of pyridine rings is 1. The molecule has 1 aliphatic heterocycles. The van der Waals surface area contributed by atoms with E-state index in [0.29, 0.717) is 22.4 Å². The number of ether oxygens (including phenoxy) is 1. The lowest BCUT2D eigenvalue weighted by atomic mass is 10.0. The van der Waals surface area contributed by atoms with E-state index < -0.39 is 5.91 Å². The zero-order chi connectivity index (χ0) is 20.6. The number of amides is 1. The summed E-state index contributed by atoms with van der Waals surface area (Å²) >= 11 is 6.33. The van der Waals surface area contributed by atoms with E-state index in [1.165, 1.54) is 23.2 Å². The van der Waals surface area contributed by atoms with Gasteiger partial charge in [-0.05, 0) is 48.2 Å². The molecule has 0 aliphatic carbocycles. The van der Waals surface area contributed by atoms with Crippen LogP contribution in [-0.4, -0.2) is 47.2 Å². The molecule has 3 N–H and O–H groups in total. The number of benzene rings is 1. The number of hydroxylamine groups is 1. The fourth-order valence-corrected chi connectivity index (χ4v) is 3.51. The predicted molar refractivity (Wildman–Crippen MR) is 113 cm³/mol. The zero-order valence-electron chi connectivity index (χ0n) is 16.3. The molecule has 0 bridgehead atoms. The molecule has 0 spiro atoms. The summed E-state index contributed by atoms with van der Waals surface area (Å²) in [6.45, 7) is 2.93. The Morgan fingerprint density at radius 1 is 1.34 bits per heavy atom. The number of hydrogen-bond acceptors (Lipinski definition) is 6. The molecule has 2 heterocycles. The second-order valence-corrected chi connectivity index (χ2v) is 7.36. The third-order valence-electron chi connectivity index (χ3n) is 4.89. The average molecular weight is 417 g/mol. The van der Waals surface area contributed by atoms with Crippen molar-refractivity contribution < 1.29 is 14.7 Å². The first-order valence-electron chi connectivity index (χ1n) is 9.47. The van der Waals surface area contributed by atoms with E-state index in [2.05, 4.69) is 27.3 Å². The van der Waals surface area contributed by atoms with Crippen molar-refractivity contribution in [3.8, 4) is 5.75 Å². The van der Waals surface area contributed by atoms with E-state index in [1.807, 2.05) is 12.1 Å². The van der Waals surface area contributed by atoms with Gasteiger partial charge in [0, 0.05) is 37.9 Å². The maximum Gasteiger partial charge on any atom is 0.267 e. The molecule has 1 saturated heterocycles. The Labute approximate surface area is 175 Å². The highest BCUT2D eigenvalue weighted by Crippen LogP contribution is 2.24. The molecule has 3 rings (SSSR count). The summed E-state index contributed by atoms with van der Waals surface area (Å²) in [4.78, 5) is 17.9. The van der Waals surface area contributed by atoms with Crippen molar-refractivity contribution in [2.24, 2.45) is 0 Å². The molecular weight excluding hydrogens is 392 g/mol. The Kier molecular flexibility index (Phi) is 7.46. The SMILES string of the molecule is COc1ccc(CN2CCC(Nc3ncc(C=CC(=O)NO)cc3Cl)CC2)cc1. The zero-order valence-corrected chi connectivity index (χ0v) is 17.0. The van der Waals surface area contributed by atoms with Crippen molar-refractivity contribution in [3.63, 3.8) is 0 Å². The number of nitrogens with one attached hydrogen (secondary N) is 2. The third kappa shape index (κ3) is 6.19. The molecule has 0 atom stereocenters. The van der Waals surface area contributed by atoms with Gasteiger partial charge >= 0.3 is 0 Å². The molecular formula is C21H25ClN4O3. The maximum absolute atomic E-state index is 11.0. The summed E-state index contributed by atoms with van der Waals surface area (Å²) in [7, 11) is 1.67. The first-order valence-corrected chi connectivity index (χ1v) is 9.84. The normalized spacial score (nSPS) is 15.4. The molecule has 0 radical (unpaired) electrons. The van der Waals surface area contributed by atoms with E-state index in [4.69, 9.17) is 21.5 Å². The summed E-state index contributed by atoms with van der Waals surface area (Å²) in [6.07, 6.45) is 6.39. The molecule has 8 heteroatoms. The van der Waals surface area contributed by atoms with Gasteiger partial charge in [0.1, 0.15) is 11.6 Å². The van der Waals surface area contributed by atoms with E-state index in [1.54, 1.807) is 19.4 Å². The fraction of sp³-hybridized carbons (Fsp3) is 0.333. The first-order chi connectivity index (χ1) is 14.1. The number of methoxy groups -OCH3 is 1. The Balaban J connectivity index is 1.49. The van der Waals surface area contributed by atoms with E-state index >= 15 is 0 Å². The summed E-state index contributed by atoms with van der Waals surface area (Å²) in [5.74, 6) is 0.910. The molecule has 0 saturated carbocycles. The molecule has 2 aromatic rings. The Hall–Kier alpha value is -2.61. The van der Waals surface area contributed by atoms with Crippen LogP contribution in [0.2, 0.25) is 5.02 Å². The second-order valence-electron chi connectivity index (χ2n) is 6.95. The van der Waals surface area contributed by atoms with Gasteiger partial charge in [0.15, 0.2) is 0 Å². The number of likely N-dealkylation sites (tertiary alicyclic amines) is 1. The van der Waals surface area contributed by atoms with Gasteiger partial charge in [-0.1, -0.05) is 23.7 Å². The summed E-state index contributed by atoms with van der Waals surface area (Å²) in [5.41, 5.74) is 3.50. The lowest BCUT2D eigenvalue weighted by molar-refractivity contribution is -0.124. The quantitative estimate of drug-likeness (QED) is 0.364. The number of rotatable bonds is 7. The summed E-state index contributed by atoms with van der Waals surface area (Å²) < 4.78 is 5.21. The van der Waals surface area contributed by atoms with Crippen molar-refractivity contribution in [2.75, 3.05) is 25.5 Å². The van der Waals surface area contributed by atoms with Crippen molar-refractivity contribution in [1.82, 2.24) is 15.4 Å². The van der Waals surface area contributed by atoms with Gasteiger partial charge in [-0.3, -0.25) is 14.9 Å². The molecule has 7 nitrogen and oxygen atoms in total. The van der Waals surface area contributed by atoms with Gasteiger partial charge in [-0.2, -0.15) is 0 Å². The molecule has 29 heavy (non-hydrogen) atoms. The maximum atomic E-state index is 11.0. The number of piperidine rings is 1. The van der Waals surface area contributed by atoms with Crippen LogP contribution in [0.1, 0.15) is 24.0 Å². The number of carbonyl (C=O) groups is 1. The van der Waals surface area contributed by atoms with E-state index in [0.717, 1.165) is 38.2 Å². The van der Waals surface area contributed by atoms with Crippen molar-refractivity contribution in [2.45, 2.75) is 25.4 Å². The highest BCUT2D eigenvalue weighted by molar-refractivity contribution is 6.33. The minimum atomic E-state index is -0.607. The van der Waals surface area contributed by atoms with Crippen molar-refractivity contribution >= 4 is 29.4 Å². The van der Waals surface area contributed by atoms with Gasteiger partial charge in [0.05, 0.1) is 12.1 Å². The summed E-state index contributed by atoms with van der Waals surface area (Å²) in [5, 5.41) is 12.4. The number of hydrogen-bond donors (Lipinski definition) is 3. The molecule has 1 aromatic heterocycles. The van der Waals surface area contributed by atoms with Crippen LogP contribution in [0.25, 0.3) is 6.08 Å². The fourth-order valence-electron chi connectivity index (χ4n) is 3.28. The summed E-state index contributed by atoms with van der Waals surface area (Å²) in [6, 6.07) is 10.2. The number of carbonyl (C=O) groups excluding carboxylic acids is 1. The minimum Gasteiger partial charge on any atom is -0.497 e. The van der Waals surface area contributed by atoms with Gasteiger partial charge in [0.25, 0.3) is 5.91 Å². The van der Waals surface area contributed by atoms with Crippen LogP contribution in [-0.2, 0) is 11.3 Å². The monoisotopic (exact) mass is 416 g/mol. The highest BCUT2D eigenvalue weighted by Gasteiger charge is 2.20. The highest BCUT2D eigenvalue weighted by atomic mass is 35.5. The van der Waals surface area contributed by atoms with Crippen LogP contribution in [0.4, 0.5) is 5.82 Å². The van der Waals surface area contributed by atoms with Crippen LogP contribution >= 0.6 is 11.6 Å². The van der Waals surface area contributed by atoms with Gasteiger partial charge in [-0.25, -0.2) is 10.5 Å². The van der Waals surface area contributed by atoms with Crippen molar-refractivity contribution in [3.05, 3.63) is 58.8 Å². The molecule has 0 unspecified atom stereocenters. The Bertz CT molecular complexity index is 850. The minimum absolute atomic E-state index is 0.314. The average Bonchev–Trinajstić information content (AvgIpc) is 2.75. The van der Waals surface area contributed by atoms with Gasteiger partial charge in [-0.15, -0.1) is 0 Å². The predicted octanol–water partition coefficient (Wildman–Crippen LogP) is 3.34. The van der Waals surface area contributed by atoms with Gasteiger partial charge < -0.3 is 10.1 Å². The van der Waals surface area contributed by atoms with Crippen molar-refractivity contribution in [1.29, 1.82) is 0 Å².